The maximum absolute atomic E-state index is 12.9. The number of rotatable bonds is 7. The molecule has 1 atom stereocenters. The molecular formula is C22H18N2O5. The molecule has 0 fully saturated rings. The lowest BCUT2D eigenvalue weighted by atomic mass is 10.1. The standard InChI is InChI=1S/C22H18N2O5/c1-15(25)17-8-5-9-18(14-17)23-22(26)21(16-6-3-2-4-7-16)29-20-12-10-19(11-13-20)24(27)28/h2-14,21H,1H3,(H,23,26)/t21-/m0/s1. The predicted molar refractivity (Wildman–Crippen MR) is 108 cm³/mol. The molecular weight excluding hydrogens is 372 g/mol. The molecule has 7 nitrogen and oxygen atoms in total. The molecule has 0 aliphatic heterocycles. The van der Waals surface area contributed by atoms with E-state index in [1.54, 1.807) is 48.5 Å². The minimum atomic E-state index is -0.987. The molecule has 0 saturated carbocycles. The molecule has 29 heavy (non-hydrogen) atoms. The molecule has 7 heteroatoms. The Kier molecular flexibility index (Phi) is 5.99. The Balaban J connectivity index is 1.85. The number of carbonyl (C=O) groups is 2. The number of nitro benzene ring substituents is 1. The van der Waals surface area contributed by atoms with Crippen LogP contribution in [-0.4, -0.2) is 16.6 Å². The summed E-state index contributed by atoms with van der Waals surface area (Å²) in [6, 6.07) is 21.0. The molecule has 0 saturated heterocycles. The van der Waals surface area contributed by atoms with Crippen molar-refractivity contribution in [2.45, 2.75) is 13.0 Å². The first kappa shape index (κ1) is 19.8. The van der Waals surface area contributed by atoms with Crippen LogP contribution in [0.2, 0.25) is 0 Å². The summed E-state index contributed by atoms with van der Waals surface area (Å²) in [6.45, 7) is 1.45. The van der Waals surface area contributed by atoms with Gasteiger partial charge in [-0.3, -0.25) is 19.7 Å². The number of nitrogens with one attached hydrogen (secondary N) is 1. The number of benzene rings is 3. The second-order valence-corrected chi connectivity index (χ2v) is 6.29. The third-order valence-corrected chi connectivity index (χ3v) is 4.18. The molecule has 0 radical (unpaired) electrons. The highest BCUT2D eigenvalue weighted by molar-refractivity contribution is 5.98. The van der Waals surface area contributed by atoms with Crippen molar-refractivity contribution in [2.24, 2.45) is 0 Å². The summed E-state index contributed by atoms with van der Waals surface area (Å²) in [6.07, 6.45) is -0.987. The van der Waals surface area contributed by atoms with Crippen molar-refractivity contribution in [3.05, 3.63) is 100 Å². The number of carbonyl (C=O) groups excluding carboxylic acids is 2. The van der Waals surface area contributed by atoms with Crippen LogP contribution in [0.25, 0.3) is 0 Å². The Morgan fingerprint density at radius 2 is 1.66 bits per heavy atom. The maximum atomic E-state index is 12.9. The summed E-state index contributed by atoms with van der Waals surface area (Å²) < 4.78 is 5.85. The van der Waals surface area contributed by atoms with Crippen LogP contribution in [0.3, 0.4) is 0 Å². The number of ketones is 1. The van der Waals surface area contributed by atoms with Gasteiger partial charge in [0.1, 0.15) is 5.75 Å². The molecule has 0 aromatic heterocycles. The van der Waals surface area contributed by atoms with Crippen LogP contribution < -0.4 is 10.1 Å². The normalized spacial score (nSPS) is 11.3. The van der Waals surface area contributed by atoms with Crippen LogP contribution in [0.1, 0.15) is 28.9 Å². The lowest BCUT2D eigenvalue weighted by molar-refractivity contribution is -0.384. The Morgan fingerprint density at radius 1 is 0.966 bits per heavy atom. The van der Waals surface area contributed by atoms with E-state index in [9.17, 15) is 19.7 Å². The number of nitrogens with zero attached hydrogens (tertiary/aromatic N) is 1. The van der Waals surface area contributed by atoms with E-state index in [1.165, 1.54) is 31.2 Å². The molecule has 0 heterocycles. The average Bonchev–Trinajstić information content (AvgIpc) is 2.73. The van der Waals surface area contributed by atoms with Crippen LogP contribution in [-0.2, 0) is 4.79 Å². The van der Waals surface area contributed by atoms with Gasteiger partial charge in [0.2, 0.25) is 6.10 Å². The summed E-state index contributed by atoms with van der Waals surface area (Å²) in [7, 11) is 0. The Morgan fingerprint density at radius 3 is 2.28 bits per heavy atom. The zero-order valence-electron chi connectivity index (χ0n) is 15.6. The fourth-order valence-electron chi connectivity index (χ4n) is 2.71. The van der Waals surface area contributed by atoms with Crippen molar-refractivity contribution >= 4 is 23.1 Å². The molecule has 0 bridgehead atoms. The van der Waals surface area contributed by atoms with Gasteiger partial charge in [-0.05, 0) is 31.2 Å². The van der Waals surface area contributed by atoms with E-state index in [0.717, 1.165) is 0 Å². The first-order chi connectivity index (χ1) is 13.9. The Labute approximate surface area is 167 Å². The van der Waals surface area contributed by atoms with E-state index < -0.39 is 16.9 Å². The highest BCUT2D eigenvalue weighted by Gasteiger charge is 2.23. The second-order valence-electron chi connectivity index (χ2n) is 6.29. The number of nitro groups is 1. The van der Waals surface area contributed by atoms with Crippen molar-refractivity contribution in [2.75, 3.05) is 5.32 Å². The zero-order valence-corrected chi connectivity index (χ0v) is 15.6. The van der Waals surface area contributed by atoms with Crippen LogP contribution >= 0.6 is 0 Å². The largest absolute Gasteiger partial charge is 0.476 e. The number of non-ortho nitro benzene ring substituents is 1. The van der Waals surface area contributed by atoms with Gasteiger partial charge in [-0.25, -0.2) is 0 Å². The SMILES string of the molecule is CC(=O)c1cccc(NC(=O)[C@@H](Oc2ccc([N+](=O)[O-])cc2)c2ccccc2)c1. The molecule has 3 aromatic rings. The Hall–Kier alpha value is -4.00. The molecule has 3 aromatic carbocycles. The fourth-order valence-corrected chi connectivity index (χ4v) is 2.71. The van der Waals surface area contributed by atoms with E-state index in [4.69, 9.17) is 4.74 Å². The van der Waals surface area contributed by atoms with E-state index in [0.29, 0.717) is 22.6 Å². The third-order valence-electron chi connectivity index (χ3n) is 4.18. The number of amides is 1. The monoisotopic (exact) mass is 390 g/mol. The van der Waals surface area contributed by atoms with Crippen LogP contribution in [0.15, 0.2) is 78.9 Å². The Bertz CT molecular complexity index is 1030. The van der Waals surface area contributed by atoms with Crippen molar-refractivity contribution < 1.29 is 19.2 Å². The number of ether oxygens (including phenoxy) is 1. The van der Waals surface area contributed by atoms with E-state index >= 15 is 0 Å². The third kappa shape index (κ3) is 5.04. The van der Waals surface area contributed by atoms with Gasteiger partial charge in [0.15, 0.2) is 5.78 Å². The average molecular weight is 390 g/mol. The van der Waals surface area contributed by atoms with Gasteiger partial charge in [0, 0.05) is 28.9 Å². The molecule has 0 unspecified atom stereocenters. The molecule has 0 aliphatic carbocycles. The number of hydrogen-bond donors (Lipinski definition) is 1. The highest BCUT2D eigenvalue weighted by atomic mass is 16.6. The van der Waals surface area contributed by atoms with Crippen molar-refractivity contribution in [1.82, 2.24) is 0 Å². The quantitative estimate of drug-likeness (QED) is 0.362. The van der Waals surface area contributed by atoms with Gasteiger partial charge in [-0.1, -0.05) is 42.5 Å². The van der Waals surface area contributed by atoms with E-state index in [-0.39, 0.29) is 11.5 Å². The van der Waals surface area contributed by atoms with Crippen molar-refractivity contribution in [3.8, 4) is 5.75 Å². The van der Waals surface area contributed by atoms with Gasteiger partial charge < -0.3 is 10.1 Å². The topological polar surface area (TPSA) is 98.5 Å². The van der Waals surface area contributed by atoms with Gasteiger partial charge in [-0.15, -0.1) is 0 Å². The fraction of sp³-hybridized carbons (Fsp3) is 0.0909. The molecule has 0 aliphatic rings. The lowest BCUT2D eigenvalue weighted by Gasteiger charge is -2.19. The summed E-state index contributed by atoms with van der Waals surface area (Å²) in [4.78, 5) is 34.8. The summed E-state index contributed by atoms with van der Waals surface area (Å²) >= 11 is 0. The van der Waals surface area contributed by atoms with Crippen LogP contribution in [0, 0.1) is 10.1 Å². The molecule has 3 rings (SSSR count). The van der Waals surface area contributed by atoms with Gasteiger partial charge in [0.05, 0.1) is 4.92 Å². The number of hydrogen-bond acceptors (Lipinski definition) is 5. The smallest absolute Gasteiger partial charge is 0.270 e. The predicted octanol–water partition coefficient (Wildman–Crippen LogP) is 4.56. The van der Waals surface area contributed by atoms with Crippen LogP contribution in [0.5, 0.6) is 5.75 Å². The molecule has 146 valence electrons. The van der Waals surface area contributed by atoms with E-state index in [2.05, 4.69) is 5.32 Å². The van der Waals surface area contributed by atoms with Crippen molar-refractivity contribution in [1.29, 1.82) is 0 Å². The maximum Gasteiger partial charge on any atom is 0.270 e. The number of Topliss-reactive ketones (excluding diaryl/α,β-unsaturated/α-hetero) is 1. The van der Waals surface area contributed by atoms with Gasteiger partial charge in [-0.2, -0.15) is 0 Å². The minimum absolute atomic E-state index is 0.0703. The summed E-state index contributed by atoms with van der Waals surface area (Å²) in [5.74, 6) is -0.227. The van der Waals surface area contributed by atoms with Crippen molar-refractivity contribution in [3.63, 3.8) is 0 Å². The first-order valence-electron chi connectivity index (χ1n) is 8.82. The molecule has 1 N–H and O–H groups in total. The number of anilines is 1. The summed E-state index contributed by atoms with van der Waals surface area (Å²) in [5, 5.41) is 13.6. The van der Waals surface area contributed by atoms with Gasteiger partial charge in [0.25, 0.3) is 11.6 Å². The van der Waals surface area contributed by atoms with Gasteiger partial charge >= 0.3 is 0 Å². The molecule has 1 amide bonds. The second kappa shape index (κ2) is 8.79. The van der Waals surface area contributed by atoms with Crippen LogP contribution in [0.4, 0.5) is 11.4 Å². The lowest BCUT2D eigenvalue weighted by Crippen LogP contribution is -2.25. The zero-order chi connectivity index (χ0) is 20.8. The highest BCUT2D eigenvalue weighted by Crippen LogP contribution is 2.26. The summed E-state index contributed by atoms with van der Waals surface area (Å²) in [5.41, 5.74) is 1.50. The van der Waals surface area contributed by atoms with E-state index in [1.807, 2.05) is 6.07 Å². The molecule has 0 spiro atoms. The first-order valence-corrected chi connectivity index (χ1v) is 8.82. The minimum Gasteiger partial charge on any atom is -0.476 e.